The number of sulfonamides is 1. The van der Waals surface area contributed by atoms with Crippen LogP contribution < -0.4 is 9.62 Å². The van der Waals surface area contributed by atoms with E-state index in [1.807, 2.05) is 37.3 Å². The number of amides is 2. The number of para-hydroxylation sites is 1. The van der Waals surface area contributed by atoms with Crippen molar-refractivity contribution in [3.8, 4) is 0 Å². The number of carbonyl (C=O) groups is 2. The second kappa shape index (κ2) is 8.75. The van der Waals surface area contributed by atoms with Crippen LogP contribution in [0.2, 0.25) is 0 Å². The number of anilines is 1. The Kier molecular flexibility index (Phi) is 6.34. The largest absolute Gasteiger partial charge is 0.332 e. The van der Waals surface area contributed by atoms with Crippen molar-refractivity contribution in [2.45, 2.75) is 25.2 Å². The molecule has 154 valence electrons. The van der Waals surface area contributed by atoms with E-state index >= 15 is 0 Å². The van der Waals surface area contributed by atoms with E-state index in [4.69, 9.17) is 0 Å². The number of rotatable bonds is 6. The molecule has 7 nitrogen and oxygen atoms in total. The molecule has 0 atom stereocenters. The number of hydrogen-bond donors (Lipinski definition) is 1. The summed E-state index contributed by atoms with van der Waals surface area (Å²) < 4.78 is 27.4. The minimum absolute atomic E-state index is 0.00243. The van der Waals surface area contributed by atoms with Gasteiger partial charge in [0, 0.05) is 31.7 Å². The molecule has 29 heavy (non-hydrogen) atoms. The van der Waals surface area contributed by atoms with E-state index in [1.54, 1.807) is 30.0 Å². The minimum Gasteiger partial charge on any atom is -0.332 e. The Morgan fingerprint density at radius 3 is 2.45 bits per heavy atom. The van der Waals surface area contributed by atoms with Gasteiger partial charge in [-0.15, -0.1) is 0 Å². The first-order valence-electron chi connectivity index (χ1n) is 9.48. The molecule has 8 heteroatoms. The summed E-state index contributed by atoms with van der Waals surface area (Å²) in [7, 11) is -3.69. The van der Waals surface area contributed by atoms with Crippen molar-refractivity contribution in [1.29, 1.82) is 0 Å². The SMILES string of the molecule is Cc1ccc(S(=O)(=O)NCCC(=O)N2CCN(c3ccccc3)C(=O)C2)c(C)c1. The van der Waals surface area contributed by atoms with E-state index in [9.17, 15) is 18.0 Å². The summed E-state index contributed by atoms with van der Waals surface area (Å²) in [6.07, 6.45) is 0.00273. The fourth-order valence-electron chi connectivity index (χ4n) is 3.40. The van der Waals surface area contributed by atoms with Crippen LogP contribution in [0.25, 0.3) is 0 Å². The van der Waals surface area contributed by atoms with Gasteiger partial charge in [0.15, 0.2) is 0 Å². The molecule has 1 N–H and O–H groups in total. The van der Waals surface area contributed by atoms with Gasteiger partial charge < -0.3 is 9.80 Å². The van der Waals surface area contributed by atoms with Crippen LogP contribution in [0.4, 0.5) is 5.69 Å². The third kappa shape index (κ3) is 5.02. The second-order valence-electron chi connectivity index (χ2n) is 7.11. The molecule has 3 rings (SSSR count). The predicted octanol–water partition coefficient (Wildman–Crippen LogP) is 1.85. The summed E-state index contributed by atoms with van der Waals surface area (Å²) in [5.41, 5.74) is 2.45. The topological polar surface area (TPSA) is 86.8 Å². The zero-order valence-corrected chi connectivity index (χ0v) is 17.4. The average molecular weight is 416 g/mol. The number of nitrogens with zero attached hydrogens (tertiary/aromatic N) is 2. The van der Waals surface area contributed by atoms with Crippen LogP contribution >= 0.6 is 0 Å². The Morgan fingerprint density at radius 2 is 1.79 bits per heavy atom. The summed E-state index contributed by atoms with van der Waals surface area (Å²) in [5.74, 6) is -0.388. The lowest BCUT2D eigenvalue weighted by Gasteiger charge is -2.34. The van der Waals surface area contributed by atoms with Crippen molar-refractivity contribution < 1.29 is 18.0 Å². The Morgan fingerprint density at radius 1 is 1.07 bits per heavy atom. The highest BCUT2D eigenvalue weighted by Crippen LogP contribution is 2.18. The van der Waals surface area contributed by atoms with Crippen molar-refractivity contribution >= 4 is 27.5 Å². The number of piperazine rings is 1. The molecule has 0 spiro atoms. The van der Waals surface area contributed by atoms with Crippen LogP contribution in [-0.2, 0) is 19.6 Å². The van der Waals surface area contributed by atoms with Crippen molar-refractivity contribution in [3.05, 3.63) is 59.7 Å². The molecular formula is C21H25N3O4S. The minimum atomic E-state index is -3.69. The third-order valence-corrected chi connectivity index (χ3v) is 6.51. The van der Waals surface area contributed by atoms with Gasteiger partial charge in [0.1, 0.15) is 6.54 Å². The van der Waals surface area contributed by atoms with Gasteiger partial charge in [-0.05, 0) is 37.6 Å². The second-order valence-corrected chi connectivity index (χ2v) is 8.85. The Hall–Kier alpha value is -2.71. The molecule has 0 unspecified atom stereocenters. The van der Waals surface area contributed by atoms with E-state index in [-0.39, 0.29) is 36.2 Å². The highest BCUT2D eigenvalue weighted by molar-refractivity contribution is 7.89. The predicted molar refractivity (Wildman–Crippen MR) is 111 cm³/mol. The molecule has 0 aromatic heterocycles. The van der Waals surface area contributed by atoms with Crippen molar-refractivity contribution in [2.75, 3.05) is 31.1 Å². The van der Waals surface area contributed by atoms with Gasteiger partial charge in [-0.3, -0.25) is 9.59 Å². The summed E-state index contributed by atoms with van der Waals surface area (Å²) in [6.45, 7) is 4.46. The van der Waals surface area contributed by atoms with Crippen LogP contribution in [0.3, 0.4) is 0 Å². The van der Waals surface area contributed by atoms with E-state index < -0.39 is 10.0 Å². The summed E-state index contributed by atoms with van der Waals surface area (Å²) >= 11 is 0. The van der Waals surface area contributed by atoms with Crippen LogP contribution in [-0.4, -0.2) is 51.3 Å². The lowest BCUT2D eigenvalue weighted by Crippen LogP contribution is -2.52. The number of benzene rings is 2. The zero-order chi connectivity index (χ0) is 21.0. The standard InChI is InChI=1S/C21H25N3O4S/c1-16-8-9-19(17(2)14-16)29(27,28)22-11-10-20(25)23-12-13-24(21(26)15-23)18-6-4-3-5-7-18/h3-9,14,22H,10-13,15H2,1-2H3. The molecule has 1 heterocycles. The molecule has 0 aliphatic carbocycles. The normalized spacial score (nSPS) is 14.9. The Balaban J connectivity index is 1.53. The van der Waals surface area contributed by atoms with Crippen molar-refractivity contribution in [1.82, 2.24) is 9.62 Å². The van der Waals surface area contributed by atoms with Crippen molar-refractivity contribution in [3.63, 3.8) is 0 Å². The molecule has 2 aromatic rings. The molecule has 1 fully saturated rings. The molecule has 2 amide bonds. The highest BCUT2D eigenvalue weighted by Gasteiger charge is 2.28. The Bertz CT molecular complexity index is 1010. The molecule has 0 saturated carbocycles. The van der Waals surface area contributed by atoms with Crippen LogP contribution in [0.5, 0.6) is 0 Å². The van der Waals surface area contributed by atoms with E-state index in [0.717, 1.165) is 11.3 Å². The monoisotopic (exact) mass is 415 g/mol. The maximum atomic E-state index is 12.5. The molecule has 0 radical (unpaired) electrons. The maximum Gasteiger partial charge on any atom is 0.246 e. The maximum absolute atomic E-state index is 12.5. The molecule has 1 saturated heterocycles. The lowest BCUT2D eigenvalue weighted by molar-refractivity contribution is -0.136. The quantitative estimate of drug-likeness (QED) is 0.780. The number of nitrogens with one attached hydrogen (secondary N) is 1. The zero-order valence-electron chi connectivity index (χ0n) is 16.6. The Labute approximate surface area is 171 Å². The van der Waals surface area contributed by atoms with Gasteiger partial charge in [-0.25, -0.2) is 13.1 Å². The van der Waals surface area contributed by atoms with E-state index in [0.29, 0.717) is 18.7 Å². The van der Waals surface area contributed by atoms with Crippen LogP contribution in [0, 0.1) is 13.8 Å². The van der Waals surface area contributed by atoms with Gasteiger partial charge in [0.05, 0.1) is 4.90 Å². The molecule has 1 aliphatic heterocycles. The fraction of sp³-hybridized carbons (Fsp3) is 0.333. The highest BCUT2D eigenvalue weighted by atomic mass is 32.2. The first-order chi connectivity index (χ1) is 13.8. The summed E-state index contributed by atoms with van der Waals surface area (Å²) in [4.78, 5) is 28.2. The van der Waals surface area contributed by atoms with Gasteiger partial charge >= 0.3 is 0 Å². The van der Waals surface area contributed by atoms with E-state index in [2.05, 4.69) is 4.72 Å². The fourth-order valence-corrected chi connectivity index (χ4v) is 4.65. The van der Waals surface area contributed by atoms with Gasteiger partial charge in [0.25, 0.3) is 0 Å². The average Bonchev–Trinajstić information content (AvgIpc) is 2.68. The number of aryl methyl sites for hydroxylation is 2. The van der Waals surface area contributed by atoms with Crippen LogP contribution in [0.15, 0.2) is 53.4 Å². The summed E-state index contributed by atoms with van der Waals surface area (Å²) in [5, 5.41) is 0. The van der Waals surface area contributed by atoms with Gasteiger partial charge in [-0.2, -0.15) is 0 Å². The van der Waals surface area contributed by atoms with Gasteiger partial charge in [-0.1, -0.05) is 35.9 Å². The first-order valence-corrected chi connectivity index (χ1v) is 11.0. The van der Waals surface area contributed by atoms with Crippen molar-refractivity contribution in [2.24, 2.45) is 0 Å². The molecule has 2 aromatic carbocycles. The van der Waals surface area contributed by atoms with E-state index in [1.165, 1.54) is 4.90 Å². The summed E-state index contributed by atoms with van der Waals surface area (Å²) in [6, 6.07) is 14.4. The first kappa shape index (κ1) is 21.0. The molecular weight excluding hydrogens is 390 g/mol. The number of hydrogen-bond acceptors (Lipinski definition) is 4. The third-order valence-electron chi connectivity index (χ3n) is 4.89. The lowest BCUT2D eigenvalue weighted by atomic mass is 10.2. The van der Waals surface area contributed by atoms with Gasteiger partial charge in [0.2, 0.25) is 21.8 Å². The molecule has 1 aliphatic rings. The number of carbonyl (C=O) groups excluding carboxylic acids is 2. The smallest absolute Gasteiger partial charge is 0.246 e. The van der Waals surface area contributed by atoms with Crippen LogP contribution in [0.1, 0.15) is 17.5 Å². The molecule has 0 bridgehead atoms.